The van der Waals surface area contributed by atoms with Gasteiger partial charge in [-0.05, 0) is 71.0 Å². The Bertz CT molecular complexity index is 410. The zero-order valence-corrected chi connectivity index (χ0v) is 13.7. The second kappa shape index (κ2) is 5.92. The second-order valence-corrected chi connectivity index (χ2v) is 7.79. The van der Waals surface area contributed by atoms with Crippen LogP contribution < -0.4 is 0 Å². The van der Waals surface area contributed by atoms with Gasteiger partial charge in [0.1, 0.15) is 0 Å². The zero-order chi connectivity index (χ0) is 14.0. The van der Waals surface area contributed by atoms with E-state index in [0.29, 0.717) is 17.3 Å². The predicted octanol–water partition coefficient (Wildman–Crippen LogP) is 4.21. The van der Waals surface area contributed by atoms with Crippen molar-refractivity contribution in [3.8, 4) is 0 Å². The van der Waals surface area contributed by atoms with Crippen molar-refractivity contribution in [1.29, 1.82) is 0 Å². The Morgan fingerprint density at radius 2 is 2.05 bits per heavy atom. The molecule has 3 atom stereocenters. The number of halogens is 1. The fourth-order valence-corrected chi connectivity index (χ4v) is 3.28. The van der Waals surface area contributed by atoms with Gasteiger partial charge in [-0.25, -0.2) is 0 Å². The summed E-state index contributed by atoms with van der Waals surface area (Å²) < 4.78 is 1.01. The van der Waals surface area contributed by atoms with Crippen LogP contribution in [0.15, 0.2) is 22.8 Å². The summed E-state index contributed by atoms with van der Waals surface area (Å²) in [6.07, 6.45) is 5.76. The monoisotopic (exact) mass is 325 g/mol. The highest BCUT2D eigenvalue weighted by Crippen LogP contribution is 2.41. The van der Waals surface area contributed by atoms with Crippen LogP contribution in [0.3, 0.4) is 0 Å². The van der Waals surface area contributed by atoms with Gasteiger partial charge in [-0.15, -0.1) is 0 Å². The molecule has 1 heterocycles. The highest BCUT2D eigenvalue weighted by atomic mass is 79.9. The maximum Gasteiger partial charge on any atom is 0.0572 e. The van der Waals surface area contributed by atoms with E-state index >= 15 is 0 Å². The third-order valence-corrected chi connectivity index (χ3v) is 4.90. The third kappa shape index (κ3) is 4.03. The molecule has 2 nitrogen and oxygen atoms in total. The first-order chi connectivity index (χ1) is 8.86. The minimum absolute atomic E-state index is 0.163. The quantitative estimate of drug-likeness (QED) is 0.883. The van der Waals surface area contributed by atoms with Crippen molar-refractivity contribution in [3.05, 3.63) is 28.5 Å². The van der Waals surface area contributed by atoms with Crippen LogP contribution in [0.25, 0.3) is 0 Å². The molecule has 106 valence electrons. The molecule has 0 spiro atoms. The molecule has 1 saturated carbocycles. The third-order valence-electron chi connectivity index (χ3n) is 4.43. The van der Waals surface area contributed by atoms with E-state index < -0.39 is 0 Å². The maximum atomic E-state index is 10.2. The number of aliphatic hydroxyl groups is 1. The lowest BCUT2D eigenvalue weighted by atomic mass is 9.67. The molecule has 1 aliphatic carbocycles. The summed E-state index contributed by atoms with van der Waals surface area (Å²) in [5, 5.41) is 10.2. The van der Waals surface area contributed by atoms with Gasteiger partial charge in [-0.3, -0.25) is 4.98 Å². The van der Waals surface area contributed by atoms with Crippen molar-refractivity contribution in [3.63, 3.8) is 0 Å². The molecule has 0 aromatic carbocycles. The number of aromatic nitrogens is 1. The Balaban J connectivity index is 2.03. The lowest BCUT2D eigenvalue weighted by molar-refractivity contribution is 0.0192. The molecule has 3 heteroatoms. The molecule has 1 aromatic heterocycles. The van der Waals surface area contributed by atoms with Crippen LogP contribution in [-0.4, -0.2) is 16.2 Å². The molecule has 0 radical (unpaired) electrons. The van der Waals surface area contributed by atoms with Gasteiger partial charge in [0.2, 0.25) is 0 Å². The number of hydrogen-bond donors (Lipinski definition) is 1. The van der Waals surface area contributed by atoms with Crippen molar-refractivity contribution < 1.29 is 5.11 Å². The second-order valence-electron chi connectivity index (χ2n) is 6.88. The van der Waals surface area contributed by atoms with Crippen molar-refractivity contribution >= 4 is 15.9 Å². The van der Waals surface area contributed by atoms with Gasteiger partial charge < -0.3 is 5.11 Å². The molecule has 0 saturated heterocycles. The first kappa shape index (κ1) is 15.0. The molecule has 0 bridgehead atoms. The average molecular weight is 326 g/mol. The van der Waals surface area contributed by atoms with Crippen LogP contribution >= 0.6 is 15.9 Å². The van der Waals surface area contributed by atoms with Gasteiger partial charge in [-0.2, -0.15) is 0 Å². The highest BCUT2D eigenvalue weighted by Gasteiger charge is 2.35. The van der Waals surface area contributed by atoms with Crippen LogP contribution in [0.1, 0.15) is 45.7 Å². The molecule has 3 unspecified atom stereocenters. The number of rotatable bonds is 2. The molecular weight excluding hydrogens is 302 g/mol. The first-order valence-corrected chi connectivity index (χ1v) is 7.94. The Kier molecular flexibility index (Phi) is 4.67. The molecule has 1 aliphatic rings. The van der Waals surface area contributed by atoms with Gasteiger partial charge in [0.25, 0.3) is 0 Å². The molecule has 1 aromatic rings. The van der Waals surface area contributed by atoms with Gasteiger partial charge in [-0.1, -0.05) is 20.8 Å². The summed E-state index contributed by atoms with van der Waals surface area (Å²) in [6.45, 7) is 6.93. The Labute approximate surface area is 124 Å². The summed E-state index contributed by atoms with van der Waals surface area (Å²) in [5.41, 5.74) is 1.42. The minimum Gasteiger partial charge on any atom is -0.393 e. The van der Waals surface area contributed by atoms with Crippen molar-refractivity contribution in [2.75, 3.05) is 0 Å². The van der Waals surface area contributed by atoms with Gasteiger partial charge in [0.05, 0.1) is 6.10 Å². The molecule has 0 aliphatic heterocycles. The van der Waals surface area contributed by atoms with E-state index in [1.807, 2.05) is 12.3 Å². The standard InChI is InChI=1S/C16H24BrNO/c1-16(2,3)12-4-7-15(19)11(8-12)9-14-6-5-13(17)10-18-14/h5-6,10-12,15,19H,4,7-9H2,1-3H3. The fourth-order valence-electron chi connectivity index (χ4n) is 3.05. The van der Waals surface area contributed by atoms with E-state index in [9.17, 15) is 5.11 Å². The van der Waals surface area contributed by atoms with Gasteiger partial charge >= 0.3 is 0 Å². The van der Waals surface area contributed by atoms with Crippen molar-refractivity contribution in [2.24, 2.45) is 17.3 Å². The summed E-state index contributed by atoms with van der Waals surface area (Å²) in [7, 11) is 0. The number of pyridine rings is 1. The van der Waals surface area contributed by atoms with Crippen molar-refractivity contribution in [1.82, 2.24) is 4.98 Å². The largest absolute Gasteiger partial charge is 0.393 e. The molecule has 1 fully saturated rings. The van der Waals surface area contributed by atoms with Crippen molar-refractivity contribution in [2.45, 2.75) is 52.6 Å². The first-order valence-electron chi connectivity index (χ1n) is 7.15. The Morgan fingerprint density at radius 3 is 2.63 bits per heavy atom. The number of aliphatic hydroxyl groups excluding tert-OH is 1. The van der Waals surface area contributed by atoms with Crippen LogP contribution in [0, 0.1) is 17.3 Å². The lowest BCUT2D eigenvalue weighted by Crippen LogP contribution is -2.35. The average Bonchev–Trinajstić information content (AvgIpc) is 2.33. The fraction of sp³-hybridized carbons (Fsp3) is 0.688. The van der Waals surface area contributed by atoms with E-state index in [0.717, 1.165) is 35.8 Å². The molecular formula is C16H24BrNO. The van der Waals surface area contributed by atoms with Crippen LogP contribution in [-0.2, 0) is 6.42 Å². The summed E-state index contributed by atoms with van der Waals surface area (Å²) in [6, 6.07) is 4.08. The van der Waals surface area contributed by atoms with E-state index in [2.05, 4.69) is 47.8 Å². The van der Waals surface area contributed by atoms with E-state index in [4.69, 9.17) is 0 Å². The SMILES string of the molecule is CC(C)(C)C1CCC(O)C(Cc2ccc(Br)cn2)C1. The van der Waals surface area contributed by atoms with E-state index in [1.54, 1.807) is 0 Å². The van der Waals surface area contributed by atoms with Crippen LogP contribution in [0.5, 0.6) is 0 Å². The molecule has 19 heavy (non-hydrogen) atoms. The smallest absolute Gasteiger partial charge is 0.0572 e. The Morgan fingerprint density at radius 1 is 1.32 bits per heavy atom. The van der Waals surface area contributed by atoms with Crippen LogP contribution in [0.2, 0.25) is 0 Å². The molecule has 2 rings (SSSR count). The Hall–Kier alpha value is -0.410. The van der Waals surface area contributed by atoms with E-state index in [1.165, 1.54) is 0 Å². The predicted molar refractivity (Wildman–Crippen MR) is 81.9 cm³/mol. The molecule has 0 amide bonds. The summed E-state index contributed by atoms with van der Waals surface area (Å²) >= 11 is 3.41. The number of nitrogens with zero attached hydrogens (tertiary/aromatic N) is 1. The highest BCUT2D eigenvalue weighted by molar-refractivity contribution is 9.10. The van der Waals surface area contributed by atoms with E-state index in [-0.39, 0.29) is 6.10 Å². The normalized spacial score (nSPS) is 28.4. The van der Waals surface area contributed by atoms with Crippen LogP contribution in [0.4, 0.5) is 0 Å². The van der Waals surface area contributed by atoms with Gasteiger partial charge in [0.15, 0.2) is 0 Å². The van der Waals surface area contributed by atoms with Gasteiger partial charge in [0, 0.05) is 16.4 Å². The lowest BCUT2D eigenvalue weighted by Gasteiger charge is -2.40. The number of hydrogen-bond acceptors (Lipinski definition) is 2. The topological polar surface area (TPSA) is 33.1 Å². The maximum absolute atomic E-state index is 10.2. The minimum atomic E-state index is -0.163. The summed E-state index contributed by atoms with van der Waals surface area (Å²) in [5.74, 6) is 1.06. The molecule has 1 N–H and O–H groups in total. The zero-order valence-electron chi connectivity index (χ0n) is 12.1. The summed E-state index contributed by atoms with van der Waals surface area (Å²) in [4.78, 5) is 4.44.